The third-order valence-electron chi connectivity index (χ3n) is 2.81. The van der Waals surface area contributed by atoms with E-state index in [9.17, 15) is 4.79 Å². The first kappa shape index (κ1) is 12.1. The zero-order valence-electron chi connectivity index (χ0n) is 10.1. The van der Waals surface area contributed by atoms with E-state index in [1.54, 1.807) is 11.3 Å². The first-order valence-corrected chi connectivity index (χ1v) is 6.70. The Balaban J connectivity index is 2.09. The van der Waals surface area contributed by atoms with E-state index in [1.807, 2.05) is 41.8 Å². The highest BCUT2D eigenvalue weighted by Gasteiger charge is 2.08. The minimum absolute atomic E-state index is 0.197. The third kappa shape index (κ3) is 3.04. The van der Waals surface area contributed by atoms with Gasteiger partial charge < -0.3 is 0 Å². The van der Waals surface area contributed by atoms with E-state index < -0.39 is 0 Å². The van der Waals surface area contributed by atoms with Crippen molar-refractivity contribution in [2.24, 2.45) is 0 Å². The van der Waals surface area contributed by atoms with Crippen LogP contribution in [0.5, 0.6) is 0 Å². The lowest BCUT2D eigenvalue weighted by atomic mass is 9.99. The Morgan fingerprint density at radius 2 is 1.88 bits per heavy atom. The summed E-state index contributed by atoms with van der Waals surface area (Å²) in [6, 6.07) is 12.0. The molecule has 17 heavy (non-hydrogen) atoms. The van der Waals surface area contributed by atoms with Gasteiger partial charge in [-0.3, -0.25) is 4.79 Å². The van der Waals surface area contributed by atoms with Crippen molar-refractivity contribution < 1.29 is 4.79 Å². The molecule has 0 N–H and O–H groups in total. The first-order valence-electron chi connectivity index (χ1n) is 5.82. The smallest absolute Gasteiger partial charge is 0.168 e. The number of carbonyl (C=O) groups excluding carboxylic acids is 1. The summed E-state index contributed by atoms with van der Waals surface area (Å²) in [6.45, 7) is 4.31. The summed E-state index contributed by atoms with van der Waals surface area (Å²) in [5.74, 6) is 0.708. The van der Waals surface area contributed by atoms with Gasteiger partial charge in [-0.1, -0.05) is 44.2 Å². The Morgan fingerprint density at radius 3 is 2.41 bits per heavy atom. The summed E-state index contributed by atoms with van der Waals surface area (Å²) < 4.78 is 0. The van der Waals surface area contributed by atoms with Crippen molar-refractivity contribution in [1.82, 2.24) is 0 Å². The SMILES string of the molecule is CC(C)c1ccc(C(=O)Cc2cccs2)cc1. The molecule has 0 aliphatic carbocycles. The van der Waals surface area contributed by atoms with Gasteiger partial charge in [0.1, 0.15) is 0 Å². The summed E-state index contributed by atoms with van der Waals surface area (Å²) in [6.07, 6.45) is 0.513. The predicted octanol–water partition coefficient (Wildman–Crippen LogP) is 4.30. The molecule has 0 aliphatic rings. The van der Waals surface area contributed by atoms with E-state index in [0.29, 0.717) is 12.3 Å². The van der Waals surface area contributed by atoms with Crippen molar-refractivity contribution in [3.8, 4) is 0 Å². The highest BCUT2D eigenvalue weighted by Crippen LogP contribution is 2.17. The molecule has 88 valence electrons. The zero-order valence-corrected chi connectivity index (χ0v) is 11.0. The highest BCUT2D eigenvalue weighted by molar-refractivity contribution is 7.10. The van der Waals surface area contributed by atoms with E-state index in [4.69, 9.17) is 0 Å². The number of rotatable bonds is 4. The van der Waals surface area contributed by atoms with Gasteiger partial charge in [0.2, 0.25) is 0 Å². The number of hydrogen-bond acceptors (Lipinski definition) is 2. The zero-order chi connectivity index (χ0) is 12.3. The molecule has 2 heteroatoms. The van der Waals surface area contributed by atoms with Crippen LogP contribution in [0.1, 0.15) is 40.6 Å². The van der Waals surface area contributed by atoms with Crippen LogP contribution in [-0.2, 0) is 6.42 Å². The lowest BCUT2D eigenvalue weighted by Crippen LogP contribution is -2.02. The molecule has 0 spiro atoms. The van der Waals surface area contributed by atoms with Gasteiger partial charge in [-0.2, -0.15) is 0 Å². The molecule has 0 saturated carbocycles. The Morgan fingerprint density at radius 1 is 1.18 bits per heavy atom. The maximum atomic E-state index is 12.0. The van der Waals surface area contributed by atoms with Crippen molar-refractivity contribution >= 4 is 17.1 Å². The standard InChI is InChI=1S/C15H16OS/c1-11(2)12-5-7-13(8-6-12)15(16)10-14-4-3-9-17-14/h3-9,11H,10H2,1-2H3. The fraction of sp³-hybridized carbons (Fsp3) is 0.267. The van der Waals surface area contributed by atoms with Gasteiger partial charge in [0.05, 0.1) is 0 Å². The fourth-order valence-electron chi connectivity index (χ4n) is 1.73. The van der Waals surface area contributed by atoms with Gasteiger partial charge in [0, 0.05) is 16.9 Å². The Bertz CT molecular complexity index is 480. The van der Waals surface area contributed by atoms with Crippen LogP contribution in [-0.4, -0.2) is 5.78 Å². The van der Waals surface area contributed by atoms with Crippen LogP contribution in [0.3, 0.4) is 0 Å². The van der Waals surface area contributed by atoms with Crippen molar-refractivity contribution in [2.45, 2.75) is 26.2 Å². The molecule has 1 nitrogen and oxygen atoms in total. The van der Waals surface area contributed by atoms with Crippen molar-refractivity contribution in [1.29, 1.82) is 0 Å². The van der Waals surface area contributed by atoms with Gasteiger partial charge in [0.15, 0.2) is 5.78 Å². The minimum atomic E-state index is 0.197. The van der Waals surface area contributed by atoms with Crippen molar-refractivity contribution in [3.05, 3.63) is 57.8 Å². The summed E-state index contributed by atoms with van der Waals surface area (Å²) in [7, 11) is 0. The highest BCUT2D eigenvalue weighted by atomic mass is 32.1. The van der Waals surface area contributed by atoms with E-state index >= 15 is 0 Å². The number of Topliss-reactive ketones (excluding diaryl/α,β-unsaturated/α-hetero) is 1. The van der Waals surface area contributed by atoms with Crippen LogP contribution in [0.25, 0.3) is 0 Å². The van der Waals surface area contributed by atoms with E-state index in [2.05, 4.69) is 13.8 Å². The van der Waals surface area contributed by atoms with E-state index in [1.165, 1.54) is 5.56 Å². The molecule has 0 radical (unpaired) electrons. The molecular formula is C15H16OS. The summed E-state index contributed by atoms with van der Waals surface area (Å²) in [5, 5.41) is 2.00. The summed E-state index contributed by atoms with van der Waals surface area (Å²) in [4.78, 5) is 13.1. The van der Waals surface area contributed by atoms with Crippen LogP contribution in [0, 0.1) is 0 Å². The maximum absolute atomic E-state index is 12.0. The lowest BCUT2D eigenvalue weighted by Gasteiger charge is -2.06. The molecule has 2 aromatic rings. The van der Waals surface area contributed by atoms with Gasteiger partial charge in [-0.25, -0.2) is 0 Å². The summed E-state index contributed by atoms with van der Waals surface area (Å²) >= 11 is 1.63. The number of ketones is 1. The molecule has 2 rings (SSSR count). The number of thiophene rings is 1. The molecule has 0 bridgehead atoms. The second-order valence-corrected chi connectivity index (χ2v) is 5.49. The van der Waals surface area contributed by atoms with Crippen LogP contribution >= 0.6 is 11.3 Å². The fourth-order valence-corrected chi connectivity index (χ4v) is 2.43. The van der Waals surface area contributed by atoms with Crippen LogP contribution in [0.2, 0.25) is 0 Å². The molecule has 0 aliphatic heterocycles. The second kappa shape index (κ2) is 5.28. The molecule has 0 saturated heterocycles. The van der Waals surface area contributed by atoms with Gasteiger partial charge >= 0.3 is 0 Å². The van der Waals surface area contributed by atoms with E-state index in [-0.39, 0.29) is 5.78 Å². The van der Waals surface area contributed by atoms with Crippen LogP contribution in [0.4, 0.5) is 0 Å². The van der Waals surface area contributed by atoms with Crippen molar-refractivity contribution in [2.75, 3.05) is 0 Å². The molecule has 0 atom stereocenters. The Kier molecular flexibility index (Phi) is 3.75. The van der Waals surface area contributed by atoms with Crippen LogP contribution < -0.4 is 0 Å². The van der Waals surface area contributed by atoms with Crippen molar-refractivity contribution in [3.63, 3.8) is 0 Å². The Hall–Kier alpha value is -1.41. The molecule has 1 aromatic carbocycles. The number of hydrogen-bond donors (Lipinski definition) is 0. The molecule has 0 fully saturated rings. The quantitative estimate of drug-likeness (QED) is 0.733. The number of carbonyl (C=O) groups is 1. The van der Waals surface area contributed by atoms with Gasteiger partial charge in [0.25, 0.3) is 0 Å². The topological polar surface area (TPSA) is 17.1 Å². The second-order valence-electron chi connectivity index (χ2n) is 4.46. The molecular weight excluding hydrogens is 228 g/mol. The normalized spacial score (nSPS) is 10.8. The number of benzene rings is 1. The molecule has 1 heterocycles. The Labute approximate surface area is 106 Å². The minimum Gasteiger partial charge on any atom is -0.294 e. The van der Waals surface area contributed by atoms with Crippen LogP contribution in [0.15, 0.2) is 41.8 Å². The average molecular weight is 244 g/mol. The molecule has 0 unspecified atom stereocenters. The average Bonchev–Trinajstić information content (AvgIpc) is 2.82. The van der Waals surface area contributed by atoms with Gasteiger partial charge in [-0.15, -0.1) is 11.3 Å². The predicted molar refractivity (Wildman–Crippen MR) is 72.9 cm³/mol. The van der Waals surface area contributed by atoms with E-state index in [0.717, 1.165) is 10.4 Å². The van der Waals surface area contributed by atoms with Gasteiger partial charge in [-0.05, 0) is 22.9 Å². The lowest BCUT2D eigenvalue weighted by molar-refractivity contribution is 0.0994. The molecule has 0 amide bonds. The monoisotopic (exact) mass is 244 g/mol. The first-order chi connectivity index (χ1) is 8.16. The summed E-state index contributed by atoms with van der Waals surface area (Å²) in [5.41, 5.74) is 2.08. The molecule has 1 aromatic heterocycles. The maximum Gasteiger partial charge on any atom is 0.168 e. The third-order valence-corrected chi connectivity index (χ3v) is 3.69. The largest absolute Gasteiger partial charge is 0.294 e.